The standard InChI is InChI=1S/C12H10FN3O3/c13-9-2-1-7(11(14)17)5-8(9)6-16-4-3-10(15-16)12(18)19/h1-5H,6H2,(H2,14,17)(H,18,19). The van der Waals surface area contributed by atoms with Crippen molar-refractivity contribution in [3.05, 3.63) is 53.1 Å². The Labute approximate surface area is 107 Å². The number of halogens is 1. The molecular weight excluding hydrogens is 253 g/mol. The van der Waals surface area contributed by atoms with E-state index in [0.29, 0.717) is 0 Å². The highest BCUT2D eigenvalue weighted by atomic mass is 19.1. The zero-order valence-corrected chi connectivity index (χ0v) is 9.71. The van der Waals surface area contributed by atoms with Crippen LogP contribution < -0.4 is 5.73 Å². The quantitative estimate of drug-likeness (QED) is 0.854. The molecule has 0 aliphatic rings. The zero-order chi connectivity index (χ0) is 14.0. The van der Waals surface area contributed by atoms with Gasteiger partial charge in [0.25, 0.3) is 0 Å². The van der Waals surface area contributed by atoms with E-state index in [1.807, 2.05) is 0 Å². The summed E-state index contributed by atoms with van der Waals surface area (Å²) in [5.74, 6) is -2.34. The molecule has 1 aromatic carbocycles. The Bertz CT molecular complexity index is 651. The van der Waals surface area contributed by atoms with Crippen LogP contribution in [0.4, 0.5) is 4.39 Å². The lowest BCUT2D eigenvalue weighted by Gasteiger charge is -2.05. The first-order chi connectivity index (χ1) is 8.97. The maximum atomic E-state index is 13.6. The molecule has 0 saturated heterocycles. The fraction of sp³-hybridized carbons (Fsp3) is 0.0833. The predicted octanol–water partition coefficient (Wildman–Crippen LogP) is 0.868. The number of carbonyl (C=O) groups excluding carboxylic acids is 1. The van der Waals surface area contributed by atoms with E-state index in [4.69, 9.17) is 10.8 Å². The number of carbonyl (C=O) groups is 2. The first-order valence-corrected chi connectivity index (χ1v) is 5.32. The van der Waals surface area contributed by atoms with Crippen molar-refractivity contribution in [2.45, 2.75) is 6.54 Å². The summed E-state index contributed by atoms with van der Waals surface area (Å²) in [6.07, 6.45) is 1.42. The topological polar surface area (TPSA) is 98.2 Å². The van der Waals surface area contributed by atoms with Crippen LogP contribution in [-0.2, 0) is 6.54 Å². The third kappa shape index (κ3) is 2.76. The largest absolute Gasteiger partial charge is 0.476 e. The molecule has 3 N–H and O–H groups in total. The van der Waals surface area contributed by atoms with Crippen molar-refractivity contribution in [2.24, 2.45) is 5.73 Å². The Morgan fingerprint density at radius 3 is 2.68 bits per heavy atom. The van der Waals surface area contributed by atoms with E-state index in [0.717, 1.165) is 6.07 Å². The van der Waals surface area contributed by atoms with Crippen LogP contribution in [0.5, 0.6) is 0 Å². The van der Waals surface area contributed by atoms with E-state index >= 15 is 0 Å². The number of aromatic nitrogens is 2. The lowest BCUT2D eigenvalue weighted by molar-refractivity contribution is 0.0689. The summed E-state index contributed by atoms with van der Waals surface area (Å²) in [4.78, 5) is 21.7. The Balaban J connectivity index is 2.29. The van der Waals surface area contributed by atoms with Crippen LogP contribution >= 0.6 is 0 Å². The smallest absolute Gasteiger partial charge is 0.356 e. The first-order valence-electron chi connectivity index (χ1n) is 5.32. The van der Waals surface area contributed by atoms with E-state index in [9.17, 15) is 14.0 Å². The maximum absolute atomic E-state index is 13.6. The van der Waals surface area contributed by atoms with Crippen LogP contribution in [0.1, 0.15) is 26.4 Å². The molecule has 0 unspecified atom stereocenters. The van der Waals surface area contributed by atoms with Crippen molar-refractivity contribution in [2.75, 3.05) is 0 Å². The Kier molecular flexibility index (Phi) is 3.28. The molecule has 2 aromatic rings. The van der Waals surface area contributed by atoms with Gasteiger partial charge in [-0.25, -0.2) is 9.18 Å². The number of amides is 1. The van der Waals surface area contributed by atoms with E-state index in [1.54, 1.807) is 0 Å². The van der Waals surface area contributed by atoms with Crippen molar-refractivity contribution in [3.8, 4) is 0 Å². The number of hydrogen-bond acceptors (Lipinski definition) is 3. The lowest BCUT2D eigenvalue weighted by Crippen LogP contribution is -2.12. The van der Waals surface area contributed by atoms with E-state index in [-0.39, 0.29) is 23.4 Å². The number of carboxylic acid groups (broad SMARTS) is 1. The zero-order valence-electron chi connectivity index (χ0n) is 9.71. The molecule has 0 spiro atoms. The second-order valence-electron chi connectivity index (χ2n) is 3.87. The van der Waals surface area contributed by atoms with Gasteiger partial charge < -0.3 is 10.8 Å². The van der Waals surface area contributed by atoms with Gasteiger partial charge in [0, 0.05) is 17.3 Å². The summed E-state index contributed by atoms with van der Waals surface area (Å²) in [6, 6.07) is 5.04. The fourth-order valence-corrected chi connectivity index (χ4v) is 1.59. The molecule has 0 fully saturated rings. The number of nitrogens with zero attached hydrogens (tertiary/aromatic N) is 2. The van der Waals surface area contributed by atoms with Crippen LogP contribution in [0.2, 0.25) is 0 Å². The van der Waals surface area contributed by atoms with Gasteiger partial charge in [-0.2, -0.15) is 5.10 Å². The number of aromatic carboxylic acids is 1. The number of nitrogens with two attached hydrogens (primary N) is 1. The summed E-state index contributed by atoms with van der Waals surface area (Å²) >= 11 is 0. The molecule has 0 aliphatic carbocycles. The molecule has 2 rings (SSSR count). The van der Waals surface area contributed by atoms with E-state index in [2.05, 4.69) is 5.10 Å². The highest BCUT2D eigenvalue weighted by Crippen LogP contribution is 2.12. The molecule has 1 amide bonds. The Hall–Kier alpha value is -2.70. The minimum Gasteiger partial charge on any atom is -0.476 e. The van der Waals surface area contributed by atoms with Crippen LogP contribution in [0, 0.1) is 5.82 Å². The molecule has 7 heteroatoms. The molecular formula is C12H10FN3O3. The minimum atomic E-state index is -1.16. The van der Waals surface area contributed by atoms with Crippen LogP contribution in [0.15, 0.2) is 30.5 Å². The summed E-state index contributed by atoms with van der Waals surface area (Å²) in [5.41, 5.74) is 5.36. The number of rotatable bonds is 4. The van der Waals surface area contributed by atoms with Gasteiger partial charge in [0.1, 0.15) is 5.82 Å². The average molecular weight is 263 g/mol. The second-order valence-corrected chi connectivity index (χ2v) is 3.87. The number of hydrogen-bond donors (Lipinski definition) is 2. The van der Waals surface area contributed by atoms with Crippen molar-refractivity contribution in [1.82, 2.24) is 9.78 Å². The molecule has 98 valence electrons. The summed E-state index contributed by atoms with van der Waals surface area (Å²) < 4.78 is 14.8. The van der Waals surface area contributed by atoms with Gasteiger partial charge in [0.05, 0.1) is 6.54 Å². The predicted molar refractivity (Wildman–Crippen MR) is 63.2 cm³/mol. The highest BCUT2D eigenvalue weighted by molar-refractivity contribution is 5.92. The Morgan fingerprint density at radius 2 is 2.11 bits per heavy atom. The van der Waals surface area contributed by atoms with Crippen molar-refractivity contribution in [3.63, 3.8) is 0 Å². The molecule has 6 nitrogen and oxygen atoms in total. The monoisotopic (exact) mass is 263 g/mol. The highest BCUT2D eigenvalue weighted by Gasteiger charge is 2.10. The van der Waals surface area contributed by atoms with Gasteiger partial charge in [-0.15, -0.1) is 0 Å². The van der Waals surface area contributed by atoms with Gasteiger partial charge in [-0.05, 0) is 24.3 Å². The third-order valence-electron chi connectivity index (χ3n) is 2.52. The van der Waals surface area contributed by atoms with Gasteiger partial charge in [0.15, 0.2) is 5.69 Å². The normalized spacial score (nSPS) is 10.4. The molecule has 0 atom stereocenters. The van der Waals surface area contributed by atoms with Crippen LogP contribution in [0.3, 0.4) is 0 Å². The van der Waals surface area contributed by atoms with E-state index in [1.165, 1.54) is 29.1 Å². The van der Waals surface area contributed by atoms with Crippen molar-refractivity contribution in [1.29, 1.82) is 0 Å². The fourth-order valence-electron chi connectivity index (χ4n) is 1.59. The van der Waals surface area contributed by atoms with Gasteiger partial charge in [0.2, 0.25) is 5.91 Å². The minimum absolute atomic E-state index is 0.0141. The van der Waals surface area contributed by atoms with Crippen molar-refractivity contribution >= 4 is 11.9 Å². The molecule has 1 aromatic heterocycles. The Morgan fingerprint density at radius 1 is 1.37 bits per heavy atom. The van der Waals surface area contributed by atoms with Crippen LogP contribution in [-0.4, -0.2) is 26.8 Å². The van der Waals surface area contributed by atoms with Crippen molar-refractivity contribution < 1.29 is 19.1 Å². The number of carboxylic acids is 1. The second kappa shape index (κ2) is 4.89. The average Bonchev–Trinajstić information content (AvgIpc) is 2.80. The van der Waals surface area contributed by atoms with Gasteiger partial charge >= 0.3 is 5.97 Å². The van der Waals surface area contributed by atoms with E-state index < -0.39 is 17.7 Å². The third-order valence-corrected chi connectivity index (χ3v) is 2.52. The lowest BCUT2D eigenvalue weighted by atomic mass is 10.1. The maximum Gasteiger partial charge on any atom is 0.356 e. The summed E-state index contributed by atoms with van der Waals surface area (Å²) in [7, 11) is 0. The molecule has 0 radical (unpaired) electrons. The molecule has 0 bridgehead atoms. The summed E-state index contributed by atoms with van der Waals surface area (Å²) in [5, 5.41) is 12.5. The molecule has 1 heterocycles. The molecule has 19 heavy (non-hydrogen) atoms. The van der Waals surface area contributed by atoms with Gasteiger partial charge in [-0.3, -0.25) is 9.48 Å². The molecule has 0 saturated carbocycles. The number of primary amides is 1. The van der Waals surface area contributed by atoms with Crippen LogP contribution in [0.25, 0.3) is 0 Å². The summed E-state index contributed by atoms with van der Waals surface area (Å²) in [6.45, 7) is 0.0141. The van der Waals surface area contributed by atoms with Gasteiger partial charge in [-0.1, -0.05) is 0 Å². The SMILES string of the molecule is NC(=O)c1ccc(F)c(Cn2ccc(C(=O)O)n2)c1. The first kappa shape index (κ1) is 12.7. The molecule has 0 aliphatic heterocycles. The number of benzene rings is 1.